The lowest BCUT2D eigenvalue weighted by Gasteiger charge is -2.12. The number of esters is 1. The number of benzene rings is 2. The molecular formula is C26H23FN4O4. The van der Waals surface area contributed by atoms with E-state index in [0.29, 0.717) is 22.6 Å². The van der Waals surface area contributed by atoms with Crippen molar-refractivity contribution in [2.24, 2.45) is 0 Å². The molecule has 0 aliphatic carbocycles. The second kappa shape index (κ2) is 10.2. The van der Waals surface area contributed by atoms with Crippen LogP contribution in [0.4, 0.5) is 10.2 Å². The molecule has 4 aromatic rings. The van der Waals surface area contributed by atoms with E-state index in [1.165, 1.54) is 35.2 Å². The summed E-state index contributed by atoms with van der Waals surface area (Å²) in [5.41, 5.74) is 2.24. The molecular weight excluding hydrogens is 451 g/mol. The number of methoxy groups -OCH3 is 1. The van der Waals surface area contributed by atoms with Gasteiger partial charge in [-0.25, -0.2) is 14.2 Å². The van der Waals surface area contributed by atoms with Crippen molar-refractivity contribution >= 4 is 34.7 Å². The third kappa shape index (κ3) is 5.03. The molecule has 4 rings (SSSR count). The molecule has 2 aromatic heterocycles. The zero-order chi connectivity index (χ0) is 24.9. The van der Waals surface area contributed by atoms with Crippen molar-refractivity contribution in [3.63, 3.8) is 0 Å². The van der Waals surface area contributed by atoms with E-state index in [1.807, 2.05) is 19.1 Å². The fraction of sp³-hybridized carbons (Fsp3) is 0.154. The van der Waals surface area contributed by atoms with Crippen LogP contribution >= 0.6 is 0 Å². The third-order valence-electron chi connectivity index (χ3n) is 5.24. The highest BCUT2D eigenvalue weighted by Crippen LogP contribution is 2.29. The van der Waals surface area contributed by atoms with Crippen LogP contribution in [0.1, 0.15) is 28.4 Å². The first kappa shape index (κ1) is 23.6. The fourth-order valence-electron chi connectivity index (χ4n) is 3.55. The number of aromatic nitrogens is 3. The first-order valence-electron chi connectivity index (χ1n) is 10.9. The molecule has 35 heavy (non-hydrogen) atoms. The lowest BCUT2D eigenvalue weighted by atomic mass is 10.1. The number of amides is 1. The summed E-state index contributed by atoms with van der Waals surface area (Å²) in [5, 5.41) is 7.91. The van der Waals surface area contributed by atoms with E-state index in [1.54, 1.807) is 38.3 Å². The number of nitrogens with one attached hydrogen (secondary N) is 1. The normalized spacial score (nSPS) is 11.1. The van der Waals surface area contributed by atoms with Gasteiger partial charge >= 0.3 is 5.97 Å². The number of rotatable bonds is 7. The number of anilines is 1. The van der Waals surface area contributed by atoms with E-state index >= 15 is 0 Å². The van der Waals surface area contributed by atoms with Crippen LogP contribution in [0.15, 0.2) is 60.8 Å². The summed E-state index contributed by atoms with van der Waals surface area (Å²) in [6.07, 6.45) is 4.13. The number of pyridine rings is 1. The SMILES string of the molecule is CCOC(=O)c1cnn(-c2cc(C)c3cccc(OC)c3n2)c1NC(=O)/C=C/c1ccc(F)cc1. The zero-order valence-electron chi connectivity index (χ0n) is 19.4. The molecule has 0 fully saturated rings. The minimum absolute atomic E-state index is 0.0787. The Morgan fingerprint density at radius 3 is 2.66 bits per heavy atom. The molecule has 0 bridgehead atoms. The number of hydrogen-bond donors (Lipinski definition) is 1. The number of carbonyl (C=O) groups is 2. The zero-order valence-corrected chi connectivity index (χ0v) is 19.4. The molecule has 1 amide bonds. The standard InChI is InChI=1S/C26H23FN4O4/c1-4-35-26(33)20-15-28-31(22-14-16(2)19-6-5-7-21(34-3)24(19)29-22)25(20)30-23(32)13-10-17-8-11-18(27)12-9-17/h5-15H,4H2,1-3H3,(H,30,32)/b13-10+. The predicted molar refractivity (Wildman–Crippen MR) is 130 cm³/mol. The first-order chi connectivity index (χ1) is 16.9. The lowest BCUT2D eigenvalue weighted by molar-refractivity contribution is -0.111. The number of fused-ring (bicyclic) bond motifs is 1. The van der Waals surface area contributed by atoms with Crippen LogP contribution in [0.3, 0.4) is 0 Å². The number of ether oxygens (including phenoxy) is 2. The van der Waals surface area contributed by atoms with Gasteiger partial charge in [0.2, 0.25) is 5.91 Å². The molecule has 0 aliphatic rings. The third-order valence-corrected chi connectivity index (χ3v) is 5.24. The monoisotopic (exact) mass is 474 g/mol. The number of carbonyl (C=O) groups excluding carboxylic acids is 2. The maximum atomic E-state index is 13.1. The number of nitrogens with zero attached hydrogens (tertiary/aromatic N) is 3. The fourth-order valence-corrected chi connectivity index (χ4v) is 3.55. The highest BCUT2D eigenvalue weighted by atomic mass is 19.1. The Kier molecular flexibility index (Phi) is 6.86. The summed E-state index contributed by atoms with van der Waals surface area (Å²) in [4.78, 5) is 30.0. The summed E-state index contributed by atoms with van der Waals surface area (Å²) in [5.74, 6) is -0.447. The largest absolute Gasteiger partial charge is 0.494 e. The number of aryl methyl sites for hydroxylation is 1. The molecule has 1 N–H and O–H groups in total. The summed E-state index contributed by atoms with van der Waals surface area (Å²) >= 11 is 0. The van der Waals surface area contributed by atoms with Crippen molar-refractivity contribution in [3.8, 4) is 11.6 Å². The maximum Gasteiger partial charge on any atom is 0.343 e. The van der Waals surface area contributed by atoms with Gasteiger partial charge in [0.15, 0.2) is 11.6 Å². The average molecular weight is 474 g/mol. The topological polar surface area (TPSA) is 95.3 Å². The van der Waals surface area contributed by atoms with Crippen LogP contribution < -0.4 is 10.1 Å². The van der Waals surface area contributed by atoms with E-state index in [-0.39, 0.29) is 23.8 Å². The van der Waals surface area contributed by atoms with Gasteiger partial charge in [0.25, 0.3) is 0 Å². The molecule has 8 nitrogen and oxygen atoms in total. The van der Waals surface area contributed by atoms with Crippen molar-refractivity contribution in [1.82, 2.24) is 14.8 Å². The van der Waals surface area contributed by atoms with Gasteiger partial charge in [0, 0.05) is 11.5 Å². The summed E-state index contributed by atoms with van der Waals surface area (Å²) < 4.78 is 25.1. The molecule has 2 heterocycles. The molecule has 0 saturated carbocycles. The second-order valence-electron chi connectivity index (χ2n) is 7.57. The Morgan fingerprint density at radius 1 is 1.17 bits per heavy atom. The minimum atomic E-state index is -0.633. The van der Waals surface area contributed by atoms with Crippen LogP contribution in [-0.4, -0.2) is 40.4 Å². The number of hydrogen-bond acceptors (Lipinski definition) is 6. The van der Waals surface area contributed by atoms with Crippen LogP contribution in [0, 0.1) is 12.7 Å². The summed E-state index contributed by atoms with van der Waals surface area (Å²) in [6.45, 7) is 3.77. The van der Waals surface area contributed by atoms with Crippen LogP contribution in [0.25, 0.3) is 22.8 Å². The number of para-hydroxylation sites is 1. The molecule has 0 radical (unpaired) electrons. The van der Waals surface area contributed by atoms with Gasteiger partial charge in [0.05, 0.1) is 19.9 Å². The van der Waals surface area contributed by atoms with Crippen molar-refractivity contribution in [2.75, 3.05) is 19.0 Å². The molecule has 9 heteroatoms. The van der Waals surface area contributed by atoms with Gasteiger partial charge in [-0.05, 0) is 55.3 Å². The minimum Gasteiger partial charge on any atom is -0.494 e. The Morgan fingerprint density at radius 2 is 1.94 bits per heavy atom. The smallest absolute Gasteiger partial charge is 0.343 e. The van der Waals surface area contributed by atoms with Crippen LogP contribution in [-0.2, 0) is 9.53 Å². The van der Waals surface area contributed by atoms with Crippen molar-refractivity contribution in [3.05, 3.63) is 83.3 Å². The molecule has 0 spiro atoms. The second-order valence-corrected chi connectivity index (χ2v) is 7.57. The van der Waals surface area contributed by atoms with E-state index in [2.05, 4.69) is 15.4 Å². The van der Waals surface area contributed by atoms with Gasteiger partial charge in [0.1, 0.15) is 22.6 Å². The van der Waals surface area contributed by atoms with Gasteiger partial charge in [-0.2, -0.15) is 9.78 Å². The maximum absolute atomic E-state index is 13.1. The predicted octanol–water partition coefficient (Wildman–Crippen LogP) is 4.71. The Labute approximate surface area is 201 Å². The van der Waals surface area contributed by atoms with Crippen LogP contribution in [0.2, 0.25) is 0 Å². The molecule has 178 valence electrons. The molecule has 0 atom stereocenters. The highest BCUT2D eigenvalue weighted by Gasteiger charge is 2.22. The van der Waals surface area contributed by atoms with Gasteiger partial charge in [-0.1, -0.05) is 24.3 Å². The lowest BCUT2D eigenvalue weighted by Crippen LogP contribution is -2.16. The molecule has 0 unspecified atom stereocenters. The average Bonchev–Trinajstić information content (AvgIpc) is 3.27. The van der Waals surface area contributed by atoms with Gasteiger partial charge in [-0.15, -0.1) is 0 Å². The summed E-state index contributed by atoms with van der Waals surface area (Å²) in [6, 6.07) is 13.1. The van der Waals surface area contributed by atoms with E-state index in [0.717, 1.165) is 10.9 Å². The quantitative estimate of drug-likeness (QED) is 0.308. The van der Waals surface area contributed by atoms with E-state index in [9.17, 15) is 14.0 Å². The van der Waals surface area contributed by atoms with E-state index in [4.69, 9.17) is 9.47 Å². The van der Waals surface area contributed by atoms with Gasteiger partial charge < -0.3 is 14.8 Å². The van der Waals surface area contributed by atoms with Gasteiger partial charge in [-0.3, -0.25) is 4.79 Å². The molecule has 0 aliphatic heterocycles. The molecule has 0 saturated heterocycles. The highest BCUT2D eigenvalue weighted by molar-refractivity contribution is 6.06. The van der Waals surface area contributed by atoms with Crippen LogP contribution in [0.5, 0.6) is 5.75 Å². The van der Waals surface area contributed by atoms with Crippen molar-refractivity contribution in [1.29, 1.82) is 0 Å². The Balaban J connectivity index is 1.75. The van der Waals surface area contributed by atoms with Crippen molar-refractivity contribution < 1.29 is 23.5 Å². The van der Waals surface area contributed by atoms with Crippen molar-refractivity contribution in [2.45, 2.75) is 13.8 Å². The van der Waals surface area contributed by atoms with E-state index < -0.39 is 11.9 Å². The number of halogens is 1. The first-order valence-corrected chi connectivity index (χ1v) is 10.9. The molecule has 2 aromatic carbocycles. The summed E-state index contributed by atoms with van der Waals surface area (Å²) in [7, 11) is 1.56. The Hall–Kier alpha value is -4.53. The Bertz CT molecular complexity index is 1430.